The SMILES string of the molecule is CC(Nc1ccc(OCC(F)(F)F)cc1)C(F)F. The van der Waals surface area contributed by atoms with Crippen molar-refractivity contribution in [3.05, 3.63) is 24.3 Å². The smallest absolute Gasteiger partial charge is 0.422 e. The Labute approximate surface area is 101 Å². The van der Waals surface area contributed by atoms with E-state index in [0.717, 1.165) is 0 Å². The van der Waals surface area contributed by atoms with Crippen LogP contribution >= 0.6 is 0 Å². The third kappa shape index (κ3) is 5.20. The van der Waals surface area contributed by atoms with E-state index in [1.54, 1.807) is 0 Å². The molecule has 1 N–H and O–H groups in total. The first-order valence-corrected chi connectivity index (χ1v) is 5.12. The summed E-state index contributed by atoms with van der Waals surface area (Å²) in [6, 6.07) is 4.29. The number of rotatable bonds is 5. The van der Waals surface area contributed by atoms with Gasteiger partial charge < -0.3 is 10.1 Å². The van der Waals surface area contributed by atoms with Crippen molar-refractivity contribution in [2.24, 2.45) is 0 Å². The third-order valence-electron chi connectivity index (χ3n) is 2.03. The van der Waals surface area contributed by atoms with E-state index in [4.69, 9.17) is 0 Å². The molecular weight excluding hydrogens is 257 g/mol. The average molecular weight is 269 g/mol. The Morgan fingerprint density at radius 2 is 1.72 bits per heavy atom. The Hall–Kier alpha value is -1.53. The van der Waals surface area contributed by atoms with Crippen molar-refractivity contribution in [2.45, 2.75) is 25.6 Å². The lowest BCUT2D eigenvalue weighted by molar-refractivity contribution is -0.153. The molecule has 0 spiro atoms. The van der Waals surface area contributed by atoms with Gasteiger partial charge in [-0.2, -0.15) is 13.2 Å². The van der Waals surface area contributed by atoms with Gasteiger partial charge in [0.1, 0.15) is 5.75 Å². The summed E-state index contributed by atoms with van der Waals surface area (Å²) in [5.41, 5.74) is 0.391. The average Bonchev–Trinajstić information content (AvgIpc) is 2.27. The van der Waals surface area contributed by atoms with E-state index in [0.29, 0.717) is 5.69 Å². The van der Waals surface area contributed by atoms with Gasteiger partial charge in [0.15, 0.2) is 6.61 Å². The quantitative estimate of drug-likeness (QED) is 0.823. The summed E-state index contributed by atoms with van der Waals surface area (Å²) in [4.78, 5) is 0. The van der Waals surface area contributed by atoms with Gasteiger partial charge in [0.2, 0.25) is 0 Å². The fraction of sp³-hybridized carbons (Fsp3) is 0.455. The maximum atomic E-state index is 12.2. The molecule has 102 valence electrons. The molecule has 0 aliphatic heterocycles. The van der Waals surface area contributed by atoms with Crippen LogP contribution in [0.5, 0.6) is 5.75 Å². The molecule has 0 bridgehead atoms. The Bertz CT molecular complexity index is 363. The van der Waals surface area contributed by atoms with Crippen molar-refractivity contribution in [2.75, 3.05) is 11.9 Å². The zero-order chi connectivity index (χ0) is 13.8. The van der Waals surface area contributed by atoms with Crippen LogP contribution in [0.15, 0.2) is 24.3 Å². The van der Waals surface area contributed by atoms with Gasteiger partial charge in [0, 0.05) is 5.69 Å². The molecule has 2 nitrogen and oxygen atoms in total. The molecule has 18 heavy (non-hydrogen) atoms. The van der Waals surface area contributed by atoms with Crippen molar-refractivity contribution in [3.8, 4) is 5.75 Å². The Kier molecular flexibility index (Phi) is 4.75. The predicted molar refractivity (Wildman–Crippen MR) is 57.1 cm³/mol. The fourth-order valence-electron chi connectivity index (χ4n) is 1.14. The zero-order valence-corrected chi connectivity index (χ0v) is 9.47. The Morgan fingerprint density at radius 1 is 1.17 bits per heavy atom. The van der Waals surface area contributed by atoms with Gasteiger partial charge in [-0.1, -0.05) is 0 Å². The first kappa shape index (κ1) is 14.5. The van der Waals surface area contributed by atoms with Crippen LogP contribution in [0.4, 0.5) is 27.6 Å². The first-order valence-electron chi connectivity index (χ1n) is 5.12. The minimum Gasteiger partial charge on any atom is -0.484 e. The monoisotopic (exact) mass is 269 g/mol. The lowest BCUT2D eigenvalue weighted by Gasteiger charge is -2.14. The van der Waals surface area contributed by atoms with Gasteiger partial charge in [-0.15, -0.1) is 0 Å². The highest BCUT2D eigenvalue weighted by molar-refractivity contribution is 5.47. The molecule has 0 amide bonds. The molecular formula is C11H12F5NO. The summed E-state index contributed by atoms with van der Waals surface area (Å²) < 4.78 is 64.5. The minimum atomic E-state index is -4.40. The number of alkyl halides is 5. The number of halogens is 5. The predicted octanol–water partition coefficient (Wildman–Crippen LogP) is 3.69. The van der Waals surface area contributed by atoms with Crippen LogP contribution in [0.3, 0.4) is 0 Å². The van der Waals surface area contributed by atoms with E-state index in [9.17, 15) is 22.0 Å². The molecule has 0 fully saturated rings. The highest BCUT2D eigenvalue weighted by atomic mass is 19.4. The van der Waals surface area contributed by atoms with Gasteiger partial charge in [0.05, 0.1) is 6.04 Å². The summed E-state index contributed by atoms with van der Waals surface area (Å²) >= 11 is 0. The molecule has 7 heteroatoms. The first-order chi connectivity index (χ1) is 8.28. The van der Waals surface area contributed by atoms with Crippen molar-refractivity contribution >= 4 is 5.69 Å². The van der Waals surface area contributed by atoms with Gasteiger partial charge in [-0.05, 0) is 31.2 Å². The number of ether oxygens (including phenoxy) is 1. The van der Waals surface area contributed by atoms with E-state index in [1.807, 2.05) is 0 Å². The van der Waals surface area contributed by atoms with Crippen molar-refractivity contribution in [1.82, 2.24) is 0 Å². The number of anilines is 1. The standard InChI is InChI=1S/C11H12F5NO/c1-7(10(12)13)17-8-2-4-9(5-3-8)18-6-11(14,15)16/h2-5,7,10,17H,6H2,1H3. The lowest BCUT2D eigenvalue weighted by Crippen LogP contribution is -2.23. The highest BCUT2D eigenvalue weighted by Gasteiger charge is 2.28. The van der Waals surface area contributed by atoms with Crippen LogP contribution in [0.25, 0.3) is 0 Å². The number of nitrogens with one attached hydrogen (secondary N) is 1. The van der Waals surface area contributed by atoms with E-state index in [-0.39, 0.29) is 5.75 Å². The summed E-state index contributed by atoms with van der Waals surface area (Å²) in [5.74, 6) is 0.0302. The molecule has 0 aromatic heterocycles. The summed E-state index contributed by atoms with van der Waals surface area (Å²) in [6.07, 6.45) is -6.92. The Balaban J connectivity index is 2.52. The van der Waals surface area contributed by atoms with Crippen LogP contribution < -0.4 is 10.1 Å². The fourth-order valence-corrected chi connectivity index (χ4v) is 1.14. The molecule has 1 rings (SSSR count). The van der Waals surface area contributed by atoms with Crippen LogP contribution in [0.1, 0.15) is 6.92 Å². The molecule has 1 atom stereocenters. The van der Waals surface area contributed by atoms with Gasteiger partial charge >= 0.3 is 6.18 Å². The van der Waals surface area contributed by atoms with Gasteiger partial charge in [0.25, 0.3) is 6.43 Å². The molecule has 1 aromatic carbocycles. The second-order valence-corrected chi connectivity index (χ2v) is 3.70. The second-order valence-electron chi connectivity index (χ2n) is 3.70. The molecule has 1 unspecified atom stereocenters. The third-order valence-corrected chi connectivity index (χ3v) is 2.03. The van der Waals surface area contributed by atoms with Crippen LogP contribution in [-0.4, -0.2) is 25.3 Å². The van der Waals surface area contributed by atoms with Gasteiger partial charge in [-0.3, -0.25) is 0 Å². The van der Waals surface area contributed by atoms with Crippen LogP contribution in [0, 0.1) is 0 Å². The molecule has 1 aromatic rings. The molecule has 0 heterocycles. The van der Waals surface area contributed by atoms with Crippen molar-refractivity contribution in [1.29, 1.82) is 0 Å². The maximum Gasteiger partial charge on any atom is 0.422 e. The van der Waals surface area contributed by atoms with E-state index in [1.165, 1.54) is 31.2 Å². The van der Waals surface area contributed by atoms with Gasteiger partial charge in [-0.25, -0.2) is 8.78 Å². The van der Waals surface area contributed by atoms with E-state index >= 15 is 0 Å². The highest BCUT2D eigenvalue weighted by Crippen LogP contribution is 2.21. The number of hydrogen-bond donors (Lipinski definition) is 1. The zero-order valence-electron chi connectivity index (χ0n) is 9.47. The molecule has 0 saturated heterocycles. The second kappa shape index (κ2) is 5.88. The van der Waals surface area contributed by atoms with Crippen LogP contribution in [-0.2, 0) is 0 Å². The normalized spacial score (nSPS) is 13.5. The van der Waals surface area contributed by atoms with E-state index in [2.05, 4.69) is 10.1 Å². The molecule has 0 radical (unpaired) electrons. The van der Waals surface area contributed by atoms with Crippen molar-refractivity contribution < 1.29 is 26.7 Å². The molecule has 0 aliphatic carbocycles. The van der Waals surface area contributed by atoms with Crippen molar-refractivity contribution in [3.63, 3.8) is 0 Å². The topological polar surface area (TPSA) is 21.3 Å². The summed E-state index contributed by atoms with van der Waals surface area (Å²) in [7, 11) is 0. The lowest BCUT2D eigenvalue weighted by atomic mass is 10.2. The number of benzene rings is 1. The molecule has 0 saturated carbocycles. The Morgan fingerprint density at radius 3 is 2.17 bits per heavy atom. The van der Waals surface area contributed by atoms with E-state index < -0.39 is 25.3 Å². The van der Waals surface area contributed by atoms with Crippen LogP contribution in [0.2, 0.25) is 0 Å². The number of hydrogen-bond acceptors (Lipinski definition) is 2. The molecule has 0 aliphatic rings. The summed E-state index contributed by atoms with van der Waals surface area (Å²) in [6.45, 7) is -0.0774. The summed E-state index contributed by atoms with van der Waals surface area (Å²) in [5, 5.41) is 2.51. The minimum absolute atomic E-state index is 0.0302. The largest absolute Gasteiger partial charge is 0.484 e. The maximum absolute atomic E-state index is 12.2.